The average Bonchev–Trinajstić information content (AvgIpc) is 3.09. The molecular weight excluding hydrogens is 294 g/mol. The van der Waals surface area contributed by atoms with E-state index >= 15 is 0 Å². The Morgan fingerprint density at radius 1 is 1.16 bits per heavy atom. The average molecular weight is 305 g/mol. The summed E-state index contributed by atoms with van der Waals surface area (Å²) in [6, 6.07) is 8.45. The molecule has 0 bridgehead atoms. The minimum absolute atomic E-state index is 0.465. The lowest BCUT2D eigenvalue weighted by Gasteiger charge is -1.89. The zero-order valence-corrected chi connectivity index (χ0v) is 12.7. The molecule has 0 aliphatic carbocycles. The number of hydrogen-bond acceptors (Lipinski definition) is 5. The second-order valence-corrected chi connectivity index (χ2v) is 7.15. The second-order valence-electron chi connectivity index (χ2n) is 4.04. The van der Waals surface area contributed by atoms with Gasteiger partial charge in [0.25, 0.3) is 0 Å². The topological polar surface area (TPSA) is 30.0 Å². The van der Waals surface area contributed by atoms with Crippen molar-refractivity contribution in [3.8, 4) is 19.6 Å². The third-order valence-corrected chi connectivity index (χ3v) is 6.24. The number of thiazole rings is 1. The van der Waals surface area contributed by atoms with E-state index in [9.17, 15) is 4.79 Å². The number of thiophene rings is 2. The third kappa shape index (κ3) is 2.54. The van der Waals surface area contributed by atoms with Gasteiger partial charge in [0, 0.05) is 21.1 Å². The molecule has 0 unspecified atom stereocenters. The van der Waals surface area contributed by atoms with Crippen LogP contribution < -0.4 is 0 Å². The number of carbonyl (C=O) groups excluding carboxylic acids is 1. The van der Waals surface area contributed by atoms with E-state index < -0.39 is 0 Å². The third-order valence-electron chi connectivity index (χ3n) is 2.74. The number of nitrogens with zero attached hydrogens (tertiary/aromatic N) is 1. The highest BCUT2D eigenvalue weighted by Gasteiger charge is 2.12. The van der Waals surface area contributed by atoms with Crippen LogP contribution in [0.4, 0.5) is 0 Å². The van der Waals surface area contributed by atoms with Gasteiger partial charge >= 0.3 is 0 Å². The van der Waals surface area contributed by atoms with E-state index in [0.717, 1.165) is 21.9 Å². The number of aldehydes is 1. The van der Waals surface area contributed by atoms with Crippen molar-refractivity contribution in [2.75, 3.05) is 0 Å². The summed E-state index contributed by atoms with van der Waals surface area (Å²) in [4.78, 5) is 20.0. The van der Waals surface area contributed by atoms with E-state index in [1.165, 1.54) is 14.6 Å². The van der Waals surface area contributed by atoms with Crippen LogP contribution in [0.15, 0.2) is 29.6 Å². The first kappa shape index (κ1) is 12.7. The van der Waals surface area contributed by atoms with Crippen LogP contribution >= 0.6 is 34.0 Å². The van der Waals surface area contributed by atoms with Gasteiger partial charge in [0.1, 0.15) is 11.3 Å². The summed E-state index contributed by atoms with van der Waals surface area (Å²) >= 11 is 5.12. The Hall–Kier alpha value is -1.30. The maximum Gasteiger partial charge on any atom is 0.133 e. The zero-order valence-electron chi connectivity index (χ0n) is 10.3. The van der Waals surface area contributed by atoms with Crippen LogP contribution in [0.1, 0.15) is 10.6 Å². The SMILES string of the molecule is Cc1nc(-c2ccc(-c3cccs3)s2)sc1CC=O. The fourth-order valence-corrected chi connectivity index (χ4v) is 4.71. The standard InChI is InChI=1S/C14H11NOS3/c1-9-10(6-7-16)19-14(15-9)13-5-4-12(18-13)11-3-2-8-17-11/h2-5,7-8H,6H2,1H3. The van der Waals surface area contributed by atoms with Gasteiger partial charge in [0.15, 0.2) is 0 Å². The molecule has 0 aliphatic heterocycles. The fourth-order valence-electron chi connectivity index (χ4n) is 1.80. The number of hydrogen-bond donors (Lipinski definition) is 0. The maximum absolute atomic E-state index is 10.6. The minimum Gasteiger partial charge on any atom is -0.303 e. The summed E-state index contributed by atoms with van der Waals surface area (Å²) in [5, 5.41) is 3.10. The Morgan fingerprint density at radius 2 is 2.00 bits per heavy atom. The molecule has 0 aliphatic rings. The molecule has 2 nitrogen and oxygen atoms in total. The van der Waals surface area contributed by atoms with E-state index in [-0.39, 0.29) is 0 Å². The predicted molar refractivity (Wildman–Crippen MR) is 83.2 cm³/mol. The van der Waals surface area contributed by atoms with Crippen molar-refractivity contribution in [2.24, 2.45) is 0 Å². The quantitative estimate of drug-likeness (QED) is 0.657. The molecule has 96 valence electrons. The molecule has 5 heteroatoms. The summed E-state index contributed by atoms with van der Waals surface area (Å²) in [5.74, 6) is 0. The van der Waals surface area contributed by atoms with Crippen molar-refractivity contribution in [1.82, 2.24) is 4.98 Å². The van der Waals surface area contributed by atoms with Crippen LogP contribution in [0.2, 0.25) is 0 Å². The van der Waals surface area contributed by atoms with Crippen molar-refractivity contribution < 1.29 is 4.79 Å². The highest BCUT2D eigenvalue weighted by molar-refractivity contribution is 7.26. The summed E-state index contributed by atoms with van der Waals surface area (Å²) in [6.45, 7) is 1.96. The highest BCUT2D eigenvalue weighted by atomic mass is 32.1. The number of aromatic nitrogens is 1. The normalized spacial score (nSPS) is 10.8. The molecule has 19 heavy (non-hydrogen) atoms. The molecule has 3 aromatic heterocycles. The van der Waals surface area contributed by atoms with Crippen LogP contribution in [-0.2, 0) is 11.2 Å². The smallest absolute Gasteiger partial charge is 0.133 e. The largest absolute Gasteiger partial charge is 0.303 e. The fraction of sp³-hybridized carbons (Fsp3) is 0.143. The molecule has 0 atom stereocenters. The van der Waals surface area contributed by atoms with Crippen LogP contribution in [0.5, 0.6) is 0 Å². The van der Waals surface area contributed by atoms with Crippen LogP contribution in [0, 0.1) is 6.92 Å². The number of rotatable bonds is 4. The Balaban J connectivity index is 1.94. The van der Waals surface area contributed by atoms with Crippen molar-refractivity contribution >= 4 is 40.3 Å². The van der Waals surface area contributed by atoms with E-state index in [1.807, 2.05) is 6.92 Å². The minimum atomic E-state index is 0.465. The van der Waals surface area contributed by atoms with Gasteiger partial charge in [-0.3, -0.25) is 0 Å². The summed E-state index contributed by atoms with van der Waals surface area (Å²) in [6.07, 6.45) is 1.41. The first-order chi connectivity index (χ1) is 9.28. The Kier molecular flexibility index (Phi) is 3.59. The summed E-state index contributed by atoms with van der Waals surface area (Å²) < 4.78 is 0. The maximum atomic E-state index is 10.6. The van der Waals surface area contributed by atoms with Crippen LogP contribution in [0.25, 0.3) is 19.6 Å². The van der Waals surface area contributed by atoms with Crippen LogP contribution in [-0.4, -0.2) is 11.3 Å². The van der Waals surface area contributed by atoms with Gasteiger partial charge in [0.05, 0.1) is 10.6 Å². The lowest BCUT2D eigenvalue weighted by molar-refractivity contribution is -0.107. The van der Waals surface area contributed by atoms with E-state index in [4.69, 9.17) is 0 Å². The molecule has 0 radical (unpaired) electrons. The molecule has 0 N–H and O–H groups in total. The Morgan fingerprint density at radius 3 is 2.74 bits per heavy atom. The van der Waals surface area contributed by atoms with Crippen molar-refractivity contribution in [3.63, 3.8) is 0 Å². The molecule has 3 rings (SSSR count). The number of carbonyl (C=O) groups is 1. The van der Waals surface area contributed by atoms with Gasteiger partial charge in [-0.25, -0.2) is 4.98 Å². The van der Waals surface area contributed by atoms with Crippen LogP contribution in [0.3, 0.4) is 0 Å². The van der Waals surface area contributed by atoms with E-state index in [1.54, 1.807) is 34.0 Å². The molecule has 0 aromatic carbocycles. The van der Waals surface area contributed by atoms with E-state index in [0.29, 0.717) is 6.42 Å². The molecule has 3 aromatic rings. The van der Waals surface area contributed by atoms with Gasteiger partial charge in [-0.15, -0.1) is 34.0 Å². The predicted octanol–water partition coefficient (Wildman–Crippen LogP) is 4.65. The molecule has 3 heterocycles. The first-order valence-corrected chi connectivity index (χ1v) is 8.33. The Labute approximate surface area is 123 Å². The Bertz CT molecular complexity index is 694. The van der Waals surface area contributed by atoms with Crippen molar-refractivity contribution in [2.45, 2.75) is 13.3 Å². The molecule has 0 saturated heterocycles. The monoisotopic (exact) mass is 305 g/mol. The lowest BCUT2D eigenvalue weighted by Crippen LogP contribution is -1.83. The summed E-state index contributed by atoms with van der Waals surface area (Å²) in [5.41, 5.74) is 0.971. The summed E-state index contributed by atoms with van der Waals surface area (Å²) in [7, 11) is 0. The van der Waals surface area contributed by atoms with Gasteiger partial charge in [-0.2, -0.15) is 0 Å². The van der Waals surface area contributed by atoms with Gasteiger partial charge < -0.3 is 4.79 Å². The highest BCUT2D eigenvalue weighted by Crippen LogP contribution is 2.38. The first-order valence-electron chi connectivity index (χ1n) is 5.82. The van der Waals surface area contributed by atoms with Gasteiger partial charge in [0.2, 0.25) is 0 Å². The second kappa shape index (κ2) is 5.36. The molecule has 0 fully saturated rings. The molecule has 0 amide bonds. The molecule has 0 spiro atoms. The van der Waals surface area contributed by atoms with Gasteiger partial charge in [-0.1, -0.05) is 6.07 Å². The lowest BCUT2D eigenvalue weighted by atomic mass is 10.3. The number of aryl methyl sites for hydroxylation is 1. The van der Waals surface area contributed by atoms with E-state index in [2.05, 4.69) is 34.6 Å². The van der Waals surface area contributed by atoms with Crippen molar-refractivity contribution in [3.05, 3.63) is 40.2 Å². The van der Waals surface area contributed by atoms with Crippen molar-refractivity contribution in [1.29, 1.82) is 0 Å². The van der Waals surface area contributed by atoms with Gasteiger partial charge in [-0.05, 0) is 30.5 Å². The molecular formula is C14H11NOS3. The zero-order chi connectivity index (χ0) is 13.2. The molecule has 0 saturated carbocycles.